The van der Waals surface area contributed by atoms with Gasteiger partial charge in [0.05, 0.1) is 40.0 Å². The Hall–Kier alpha value is -2.75. The van der Waals surface area contributed by atoms with Crippen molar-refractivity contribution in [2.45, 2.75) is 4.90 Å². The SMILES string of the molecule is O=c1[nH]c2nc3ccccc3n2c2ccc(S(=O)(=O)N3CCOCC3)cc12. The van der Waals surface area contributed by atoms with E-state index in [-0.39, 0.29) is 10.5 Å². The Labute approximate surface area is 154 Å². The molecule has 1 fully saturated rings. The molecule has 2 aromatic carbocycles. The predicted octanol–water partition coefficient (Wildman–Crippen LogP) is 1.35. The molecule has 1 saturated heterocycles. The lowest BCUT2D eigenvalue weighted by molar-refractivity contribution is 0.0730. The largest absolute Gasteiger partial charge is 0.379 e. The molecule has 0 aliphatic carbocycles. The van der Waals surface area contributed by atoms with Gasteiger partial charge in [0.2, 0.25) is 15.8 Å². The number of H-pyrrole nitrogens is 1. The van der Waals surface area contributed by atoms with Gasteiger partial charge in [-0.15, -0.1) is 0 Å². The zero-order valence-electron chi connectivity index (χ0n) is 14.3. The van der Waals surface area contributed by atoms with E-state index < -0.39 is 10.0 Å². The summed E-state index contributed by atoms with van der Waals surface area (Å²) in [6.45, 7) is 1.36. The third-order valence-corrected chi connectivity index (χ3v) is 6.74. The predicted molar refractivity (Wildman–Crippen MR) is 100 cm³/mol. The molecule has 5 rings (SSSR count). The lowest BCUT2D eigenvalue weighted by atomic mass is 10.2. The minimum absolute atomic E-state index is 0.103. The molecule has 0 saturated carbocycles. The highest BCUT2D eigenvalue weighted by molar-refractivity contribution is 7.89. The average Bonchev–Trinajstić information content (AvgIpc) is 3.06. The Balaban J connectivity index is 1.77. The van der Waals surface area contributed by atoms with Crippen LogP contribution in [0.4, 0.5) is 0 Å². The summed E-state index contributed by atoms with van der Waals surface area (Å²) in [6, 6.07) is 12.2. The number of benzene rings is 2. The highest BCUT2D eigenvalue weighted by Crippen LogP contribution is 2.24. The van der Waals surface area contributed by atoms with Crippen LogP contribution < -0.4 is 5.56 Å². The number of fused-ring (bicyclic) bond motifs is 5. The molecule has 4 aromatic rings. The van der Waals surface area contributed by atoms with Crippen LogP contribution in [0.5, 0.6) is 0 Å². The fourth-order valence-electron chi connectivity index (χ4n) is 3.51. The minimum Gasteiger partial charge on any atom is -0.379 e. The lowest BCUT2D eigenvalue weighted by Crippen LogP contribution is -2.40. The molecule has 0 spiro atoms. The zero-order valence-corrected chi connectivity index (χ0v) is 15.1. The molecule has 0 unspecified atom stereocenters. The first-order chi connectivity index (χ1) is 13.1. The van der Waals surface area contributed by atoms with E-state index in [1.165, 1.54) is 10.4 Å². The maximum Gasteiger partial charge on any atom is 0.260 e. The van der Waals surface area contributed by atoms with Gasteiger partial charge < -0.3 is 4.74 Å². The standard InChI is InChI=1S/C18H16N4O4S/c23-17-13-11-12(27(24,25)21-7-9-26-10-8-21)5-6-15(13)22-16-4-2-1-3-14(16)19-18(22)20-17/h1-6,11H,7-10H2,(H,19,20,23). The summed E-state index contributed by atoms with van der Waals surface area (Å²) >= 11 is 0. The summed E-state index contributed by atoms with van der Waals surface area (Å²) in [7, 11) is -3.68. The van der Waals surface area contributed by atoms with Gasteiger partial charge >= 0.3 is 0 Å². The Bertz CT molecular complexity index is 1350. The first kappa shape index (κ1) is 16.4. The number of aromatic nitrogens is 3. The second-order valence-corrected chi connectivity index (χ2v) is 8.35. The van der Waals surface area contributed by atoms with E-state index in [0.29, 0.717) is 43.0 Å². The second-order valence-electron chi connectivity index (χ2n) is 6.41. The van der Waals surface area contributed by atoms with Gasteiger partial charge in [-0.05, 0) is 30.3 Å². The molecule has 0 bridgehead atoms. The van der Waals surface area contributed by atoms with Crippen molar-refractivity contribution in [3.05, 3.63) is 52.8 Å². The number of ether oxygens (including phenoxy) is 1. The molecule has 9 heteroatoms. The monoisotopic (exact) mass is 384 g/mol. The Morgan fingerprint density at radius 2 is 1.81 bits per heavy atom. The van der Waals surface area contributed by atoms with Crippen molar-refractivity contribution in [1.29, 1.82) is 0 Å². The third kappa shape index (κ3) is 2.47. The van der Waals surface area contributed by atoms with Crippen LogP contribution in [0.25, 0.3) is 27.7 Å². The van der Waals surface area contributed by atoms with Crippen molar-refractivity contribution in [2.24, 2.45) is 0 Å². The smallest absolute Gasteiger partial charge is 0.260 e. The molecule has 138 valence electrons. The van der Waals surface area contributed by atoms with E-state index in [2.05, 4.69) is 9.97 Å². The van der Waals surface area contributed by atoms with E-state index in [4.69, 9.17) is 4.74 Å². The number of morpholine rings is 1. The van der Waals surface area contributed by atoms with E-state index >= 15 is 0 Å². The van der Waals surface area contributed by atoms with Gasteiger partial charge in [0, 0.05) is 13.1 Å². The van der Waals surface area contributed by atoms with Gasteiger partial charge in [-0.1, -0.05) is 12.1 Å². The van der Waals surface area contributed by atoms with Gasteiger partial charge in [-0.3, -0.25) is 14.2 Å². The molecule has 2 aromatic heterocycles. The van der Waals surface area contributed by atoms with E-state index in [1.54, 1.807) is 12.1 Å². The summed E-state index contributed by atoms with van der Waals surface area (Å²) in [4.78, 5) is 19.9. The van der Waals surface area contributed by atoms with Crippen LogP contribution >= 0.6 is 0 Å². The van der Waals surface area contributed by atoms with Crippen molar-refractivity contribution < 1.29 is 13.2 Å². The van der Waals surface area contributed by atoms with Gasteiger partial charge in [-0.25, -0.2) is 13.4 Å². The number of nitrogens with zero attached hydrogens (tertiary/aromatic N) is 3. The number of imidazole rings is 1. The number of nitrogens with one attached hydrogen (secondary N) is 1. The molecule has 0 amide bonds. The topological polar surface area (TPSA) is 96.8 Å². The molecular formula is C18H16N4O4S. The Morgan fingerprint density at radius 1 is 1.04 bits per heavy atom. The van der Waals surface area contributed by atoms with Crippen molar-refractivity contribution in [2.75, 3.05) is 26.3 Å². The molecule has 1 aliphatic rings. The van der Waals surface area contributed by atoms with Crippen LogP contribution in [0.15, 0.2) is 52.2 Å². The van der Waals surface area contributed by atoms with E-state index in [9.17, 15) is 13.2 Å². The fraction of sp³-hybridized carbons (Fsp3) is 0.222. The molecule has 3 heterocycles. The summed E-state index contributed by atoms with van der Waals surface area (Å²) in [5, 5.41) is 0.306. The first-order valence-corrected chi connectivity index (χ1v) is 10.0. The molecule has 1 N–H and O–H groups in total. The van der Waals surface area contributed by atoms with Crippen LogP contribution in [-0.2, 0) is 14.8 Å². The van der Waals surface area contributed by atoms with Gasteiger partial charge in [0.15, 0.2) is 0 Å². The number of hydrogen-bond donors (Lipinski definition) is 1. The highest BCUT2D eigenvalue weighted by atomic mass is 32.2. The summed E-state index contributed by atoms with van der Waals surface area (Å²) < 4.78 is 34.3. The molecule has 1 aliphatic heterocycles. The van der Waals surface area contributed by atoms with Crippen LogP contribution in [0, 0.1) is 0 Å². The van der Waals surface area contributed by atoms with Crippen molar-refractivity contribution in [3.8, 4) is 0 Å². The van der Waals surface area contributed by atoms with Gasteiger partial charge in [0.25, 0.3) is 5.56 Å². The molecule has 0 atom stereocenters. The Kier molecular flexibility index (Phi) is 3.58. The Morgan fingerprint density at radius 3 is 2.63 bits per heavy atom. The number of rotatable bonds is 2. The highest BCUT2D eigenvalue weighted by Gasteiger charge is 2.27. The van der Waals surface area contributed by atoms with Crippen molar-refractivity contribution >= 4 is 37.7 Å². The van der Waals surface area contributed by atoms with Crippen LogP contribution in [0.2, 0.25) is 0 Å². The van der Waals surface area contributed by atoms with Crippen LogP contribution in [0.1, 0.15) is 0 Å². The maximum absolute atomic E-state index is 12.9. The molecule has 0 radical (unpaired) electrons. The number of hydrogen-bond acceptors (Lipinski definition) is 5. The molecule has 27 heavy (non-hydrogen) atoms. The quantitative estimate of drug-likeness (QED) is 0.563. The van der Waals surface area contributed by atoms with Crippen molar-refractivity contribution in [1.82, 2.24) is 18.7 Å². The van der Waals surface area contributed by atoms with Gasteiger partial charge in [-0.2, -0.15) is 4.31 Å². The van der Waals surface area contributed by atoms with Crippen molar-refractivity contribution in [3.63, 3.8) is 0 Å². The maximum atomic E-state index is 12.9. The normalized spacial score (nSPS) is 16.4. The van der Waals surface area contributed by atoms with Gasteiger partial charge in [0.1, 0.15) is 0 Å². The third-order valence-electron chi connectivity index (χ3n) is 4.85. The number of aromatic amines is 1. The lowest BCUT2D eigenvalue weighted by Gasteiger charge is -2.26. The number of para-hydroxylation sites is 2. The van der Waals surface area contributed by atoms with Crippen LogP contribution in [-0.4, -0.2) is 53.4 Å². The summed E-state index contributed by atoms with van der Waals surface area (Å²) in [5.41, 5.74) is 1.85. The molecule has 8 nitrogen and oxygen atoms in total. The number of sulfonamides is 1. The average molecular weight is 384 g/mol. The van der Waals surface area contributed by atoms with E-state index in [0.717, 1.165) is 11.0 Å². The minimum atomic E-state index is -3.68. The fourth-order valence-corrected chi connectivity index (χ4v) is 4.95. The van der Waals surface area contributed by atoms with E-state index in [1.807, 2.05) is 28.7 Å². The van der Waals surface area contributed by atoms with Crippen LogP contribution in [0.3, 0.4) is 0 Å². The second kappa shape index (κ2) is 5.88. The summed E-state index contributed by atoms with van der Waals surface area (Å²) in [6.07, 6.45) is 0. The summed E-state index contributed by atoms with van der Waals surface area (Å²) in [5.74, 6) is 0.428. The zero-order chi connectivity index (χ0) is 18.6. The molecular weight excluding hydrogens is 368 g/mol. The first-order valence-electron chi connectivity index (χ1n) is 8.57.